The van der Waals surface area contributed by atoms with Crippen molar-refractivity contribution < 1.29 is 23.4 Å². The van der Waals surface area contributed by atoms with Crippen LogP contribution in [0.2, 0.25) is 0 Å². The number of nitrogens with zero attached hydrogens (tertiary/aromatic N) is 5. The third-order valence-corrected chi connectivity index (χ3v) is 9.11. The summed E-state index contributed by atoms with van der Waals surface area (Å²) in [7, 11) is 4.95. The lowest BCUT2D eigenvalue weighted by molar-refractivity contribution is 0.0695. The van der Waals surface area contributed by atoms with Crippen LogP contribution in [0.4, 0.5) is 20.2 Å². The zero-order valence-electron chi connectivity index (χ0n) is 24.4. The number of aromatic nitrogens is 4. The minimum Gasteiger partial charge on any atom is -0.477 e. The van der Waals surface area contributed by atoms with Gasteiger partial charge in [0.15, 0.2) is 11.6 Å². The van der Waals surface area contributed by atoms with Crippen molar-refractivity contribution in [1.82, 2.24) is 24.4 Å². The summed E-state index contributed by atoms with van der Waals surface area (Å²) in [5.41, 5.74) is 2.26. The van der Waals surface area contributed by atoms with Gasteiger partial charge in [0.25, 0.3) is 0 Å². The van der Waals surface area contributed by atoms with Crippen LogP contribution in [0.15, 0.2) is 35.5 Å². The second-order valence-corrected chi connectivity index (χ2v) is 11.5. The fourth-order valence-corrected chi connectivity index (χ4v) is 7.04. The van der Waals surface area contributed by atoms with Gasteiger partial charge in [0.2, 0.25) is 5.43 Å². The number of anilines is 2. The van der Waals surface area contributed by atoms with E-state index < -0.39 is 23.0 Å². The van der Waals surface area contributed by atoms with Gasteiger partial charge in [0, 0.05) is 89.2 Å². The van der Waals surface area contributed by atoms with E-state index in [1.165, 1.54) is 10.8 Å². The number of carboxylic acids is 1. The highest BCUT2D eigenvalue weighted by molar-refractivity contribution is 6.18. The van der Waals surface area contributed by atoms with Gasteiger partial charge in [-0.1, -0.05) is 0 Å². The minimum absolute atomic E-state index is 0.0872. The molecule has 228 valence electrons. The first-order valence-corrected chi connectivity index (χ1v) is 14.4. The Labute approximate surface area is 250 Å². The van der Waals surface area contributed by atoms with E-state index in [-0.39, 0.29) is 22.4 Å². The third kappa shape index (κ3) is 4.21. The monoisotopic (exact) mass is 603 g/mol. The Kier molecular flexibility index (Phi) is 6.74. The predicted molar refractivity (Wildman–Crippen MR) is 164 cm³/mol. The molecule has 2 saturated heterocycles. The number of pyridine rings is 3. The summed E-state index contributed by atoms with van der Waals surface area (Å²) in [5.74, 6) is -2.93. The molecular weight excluding hydrogens is 572 g/mol. The molecule has 0 bridgehead atoms. The highest BCUT2D eigenvalue weighted by atomic mass is 19.2. The maximum atomic E-state index is 15.8. The molecule has 6 heterocycles. The molecule has 11 nitrogen and oxygen atoms in total. The van der Waals surface area contributed by atoms with Crippen LogP contribution in [0, 0.1) is 17.6 Å². The van der Waals surface area contributed by atoms with Crippen molar-refractivity contribution >= 4 is 50.3 Å². The molecule has 2 fully saturated rings. The van der Waals surface area contributed by atoms with Gasteiger partial charge in [-0.25, -0.2) is 23.5 Å². The molecule has 2 atom stereocenters. The summed E-state index contributed by atoms with van der Waals surface area (Å²) in [6, 6.07) is 2.83. The van der Waals surface area contributed by atoms with Crippen LogP contribution in [-0.4, -0.2) is 88.5 Å². The van der Waals surface area contributed by atoms with E-state index in [9.17, 15) is 14.7 Å². The fourth-order valence-electron chi connectivity index (χ4n) is 7.04. The SMILES string of the molecule is CNc1cc(F)c(F)c2c1[nH]c1ncc(-c3cnc4c(c3)c(=O)c(C(=O)O)cn4C)c(N3CCC4CN(CCOC)CC43)c12. The molecule has 3 N–H and O–H groups in total. The molecule has 7 rings (SSSR count). The zero-order valence-corrected chi connectivity index (χ0v) is 24.4. The molecule has 44 heavy (non-hydrogen) atoms. The number of H-pyrrole nitrogens is 1. The topological polar surface area (TPSA) is 129 Å². The smallest absolute Gasteiger partial charge is 0.341 e. The molecule has 2 aliphatic rings. The number of ether oxygens (including phenoxy) is 1. The number of rotatable bonds is 7. The van der Waals surface area contributed by atoms with E-state index in [4.69, 9.17) is 4.74 Å². The number of carboxylic acid groups (broad SMARTS) is 1. The van der Waals surface area contributed by atoms with E-state index >= 15 is 8.78 Å². The van der Waals surface area contributed by atoms with Gasteiger partial charge in [-0.05, 0) is 18.4 Å². The number of likely N-dealkylation sites (tertiary alicyclic amines) is 1. The van der Waals surface area contributed by atoms with Crippen molar-refractivity contribution in [1.29, 1.82) is 0 Å². The molecular formula is C31H31F2N7O4. The number of fused-ring (bicyclic) bond motifs is 5. The van der Waals surface area contributed by atoms with Crippen molar-refractivity contribution in [2.24, 2.45) is 13.0 Å². The molecule has 0 radical (unpaired) electrons. The first-order valence-electron chi connectivity index (χ1n) is 14.4. The summed E-state index contributed by atoms with van der Waals surface area (Å²) in [6.45, 7) is 3.77. The Bertz CT molecular complexity index is 2040. The third-order valence-electron chi connectivity index (χ3n) is 9.11. The molecule has 5 aromatic rings. The molecule has 0 aliphatic carbocycles. The predicted octanol–water partition coefficient (Wildman–Crippen LogP) is 3.81. The van der Waals surface area contributed by atoms with Crippen LogP contribution in [0.5, 0.6) is 0 Å². The maximum absolute atomic E-state index is 15.8. The van der Waals surface area contributed by atoms with Crippen LogP contribution in [0.25, 0.3) is 44.1 Å². The molecule has 2 aliphatic heterocycles. The van der Waals surface area contributed by atoms with Crippen LogP contribution >= 0.6 is 0 Å². The van der Waals surface area contributed by atoms with Gasteiger partial charge in [0.05, 0.1) is 39.7 Å². The van der Waals surface area contributed by atoms with Gasteiger partial charge >= 0.3 is 5.97 Å². The number of aryl methyl sites for hydroxylation is 1. The Morgan fingerprint density at radius 3 is 2.77 bits per heavy atom. The highest BCUT2D eigenvalue weighted by Gasteiger charge is 2.43. The van der Waals surface area contributed by atoms with E-state index in [0.717, 1.165) is 32.1 Å². The molecule has 2 unspecified atom stereocenters. The van der Waals surface area contributed by atoms with E-state index in [1.807, 2.05) is 0 Å². The van der Waals surface area contributed by atoms with Crippen LogP contribution in [-0.2, 0) is 11.8 Å². The molecule has 1 aromatic carbocycles. The molecule has 0 spiro atoms. The first kappa shape index (κ1) is 28.2. The van der Waals surface area contributed by atoms with Crippen molar-refractivity contribution in [3.8, 4) is 11.1 Å². The van der Waals surface area contributed by atoms with Crippen LogP contribution in [0.3, 0.4) is 0 Å². The van der Waals surface area contributed by atoms with Crippen molar-refractivity contribution in [3.05, 3.63) is 58.1 Å². The zero-order chi connectivity index (χ0) is 30.9. The van der Waals surface area contributed by atoms with Crippen LogP contribution in [0.1, 0.15) is 16.8 Å². The second-order valence-electron chi connectivity index (χ2n) is 11.5. The van der Waals surface area contributed by atoms with Gasteiger partial charge in [0.1, 0.15) is 16.9 Å². The number of hydrogen-bond donors (Lipinski definition) is 3. The Morgan fingerprint density at radius 2 is 2.02 bits per heavy atom. The highest BCUT2D eigenvalue weighted by Crippen LogP contribution is 2.47. The van der Waals surface area contributed by atoms with Crippen molar-refractivity contribution in [2.45, 2.75) is 12.5 Å². The lowest BCUT2D eigenvalue weighted by atomic mass is 9.99. The first-order chi connectivity index (χ1) is 21.2. The van der Waals surface area contributed by atoms with E-state index in [1.54, 1.807) is 39.7 Å². The molecule has 13 heteroatoms. The van der Waals surface area contributed by atoms with Gasteiger partial charge in [-0.2, -0.15) is 0 Å². The average Bonchev–Trinajstić information content (AvgIpc) is 3.72. The lowest BCUT2D eigenvalue weighted by Crippen LogP contribution is -2.36. The normalized spacial score (nSPS) is 18.6. The average molecular weight is 604 g/mol. The van der Waals surface area contributed by atoms with E-state index in [0.29, 0.717) is 63.8 Å². The largest absolute Gasteiger partial charge is 0.477 e. The number of benzene rings is 1. The van der Waals surface area contributed by atoms with Gasteiger partial charge in [-0.15, -0.1) is 0 Å². The maximum Gasteiger partial charge on any atom is 0.341 e. The van der Waals surface area contributed by atoms with Crippen molar-refractivity contribution in [2.75, 3.05) is 57.2 Å². The number of aromatic carboxylic acids is 1. The summed E-state index contributed by atoms with van der Waals surface area (Å²) < 4.78 is 37.6. The number of nitrogens with one attached hydrogen (secondary N) is 2. The van der Waals surface area contributed by atoms with Gasteiger partial charge in [-0.3, -0.25) is 9.69 Å². The van der Waals surface area contributed by atoms with E-state index in [2.05, 4.69) is 30.1 Å². The fraction of sp³-hybridized carbons (Fsp3) is 0.355. The number of carbonyl (C=O) groups is 1. The number of methoxy groups -OCH3 is 1. The number of hydrogen-bond acceptors (Lipinski definition) is 8. The quantitative estimate of drug-likeness (QED) is 0.254. The Balaban J connectivity index is 1.51. The minimum atomic E-state index is -1.33. The summed E-state index contributed by atoms with van der Waals surface area (Å²) in [5, 5.41) is 13.2. The standard InChI is InChI=1S/C31H31F2N7O4/c1-34-21-9-20(32)25(33)23-24-27(40-5-4-15-12-39(6-7-44-3)14-22(15)40)18(11-35-29(24)37-26(21)23)16-8-17-28(41)19(31(42)43)13-38(2)30(17)36-10-16/h8-11,13,15,22,34H,4-7,12,14H2,1-3H3,(H,35,37)(H,42,43). The molecule has 0 saturated carbocycles. The Hall–Kier alpha value is -4.62. The summed E-state index contributed by atoms with van der Waals surface area (Å²) >= 11 is 0. The van der Waals surface area contributed by atoms with Gasteiger partial charge < -0.3 is 29.6 Å². The van der Waals surface area contributed by atoms with Crippen molar-refractivity contribution in [3.63, 3.8) is 0 Å². The summed E-state index contributed by atoms with van der Waals surface area (Å²) in [4.78, 5) is 42.0. The molecule has 4 aromatic heterocycles. The lowest BCUT2D eigenvalue weighted by Gasteiger charge is -2.30. The van der Waals surface area contributed by atoms with Crippen LogP contribution < -0.4 is 15.6 Å². The number of halogens is 2. The second kappa shape index (κ2) is 10.5. The molecule has 0 amide bonds. The summed E-state index contributed by atoms with van der Waals surface area (Å²) in [6.07, 6.45) is 5.42. The Morgan fingerprint density at radius 1 is 1.20 bits per heavy atom. The number of aromatic amines is 1.